The predicted molar refractivity (Wildman–Crippen MR) is 94.9 cm³/mol. The Labute approximate surface area is 142 Å². The number of nitrogens with one attached hydrogen (secondary N) is 2. The van der Waals surface area contributed by atoms with Crippen molar-refractivity contribution in [1.29, 1.82) is 0 Å². The number of nitrogens with two attached hydrogens (primary N) is 1. The highest BCUT2D eigenvalue weighted by Gasteiger charge is 2.13. The summed E-state index contributed by atoms with van der Waals surface area (Å²) in [5.41, 5.74) is 9.43. The van der Waals surface area contributed by atoms with E-state index in [1.165, 1.54) is 6.92 Å². The van der Waals surface area contributed by atoms with Gasteiger partial charge in [0.2, 0.25) is 15.9 Å². The molecule has 7 heteroatoms. The first-order chi connectivity index (χ1) is 11.3. The molecule has 4 N–H and O–H groups in total. The number of benzene rings is 2. The second kappa shape index (κ2) is 7.46. The lowest BCUT2D eigenvalue weighted by Crippen LogP contribution is -2.33. The maximum absolute atomic E-state index is 12.2. The Morgan fingerprint density at radius 3 is 2.25 bits per heavy atom. The second-order valence-corrected chi connectivity index (χ2v) is 7.24. The summed E-state index contributed by atoms with van der Waals surface area (Å²) < 4.78 is 26.8. The molecule has 0 fully saturated rings. The summed E-state index contributed by atoms with van der Waals surface area (Å²) in [6.07, 6.45) is 0. The molecule has 0 aliphatic carbocycles. The van der Waals surface area contributed by atoms with E-state index in [-0.39, 0.29) is 23.9 Å². The molecule has 0 saturated carbocycles. The fourth-order valence-corrected chi connectivity index (χ4v) is 3.19. The summed E-state index contributed by atoms with van der Waals surface area (Å²) >= 11 is 0. The average molecular weight is 347 g/mol. The van der Waals surface area contributed by atoms with Crippen LogP contribution in [0.15, 0.2) is 47.4 Å². The summed E-state index contributed by atoms with van der Waals surface area (Å²) in [5, 5.41) is 2.53. The van der Waals surface area contributed by atoms with Crippen molar-refractivity contribution < 1.29 is 13.2 Å². The third-order valence-corrected chi connectivity index (χ3v) is 5.05. The average Bonchev–Trinajstić information content (AvgIpc) is 2.54. The number of sulfonamides is 1. The zero-order valence-corrected chi connectivity index (χ0v) is 14.5. The Balaban J connectivity index is 2.10. The first kappa shape index (κ1) is 18.0. The van der Waals surface area contributed by atoms with E-state index in [0.29, 0.717) is 5.69 Å². The van der Waals surface area contributed by atoms with Gasteiger partial charge >= 0.3 is 0 Å². The Morgan fingerprint density at radius 1 is 1.04 bits per heavy atom. The van der Waals surface area contributed by atoms with E-state index in [0.717, 1.165) is 16.7 Å². The minimum atomic E-state index is -3.60. The molecule has 0 heterocycles. The highest BCUT2D eigenvalue weighted by Crippen LogP contribution is 2.24. The van der Waals surface area contributed by atoms with E-state index < -0.39 is 10.0 Å². The first-order valence-electron chi connectivity index (χ1n) is 7.50. The largest absolute Gasteiger partial charge is 0.398 e. The molecule has 0 bridgehead atoms. The first-order valence-corrected chi connectivity index (χ1v) is 8.98. The number of aryl methyl sites for hydroxylation is 1. The molecule has 0 aliphatic rings. The second-order valence-electron chi connectivity index (χ2n) is 5.48. The van der Waals surface area contributed by atoms with Crippen LogP contribution in [-0.2, 0) is 14.8 Å². The summed E-state index contributed by atoms with van der Waals surface area (Å²) in [4.78, 5) is 10.9. The molecule has 2 aromatic carbocycles. The number of nitrogen functional groups attached to an aromatic ring is 1. The Hall–Kier alpha value is -2.38. The van der Waals surface area contributed by atoms with Crippen molar-refractivity contribution in [1.82, 2.24) is 10.0 Å². The van der Waals surface area contributed by atoms with E-state index in [9.17, 15) is 13.2 Å². The summed E-state index contributed by atoms with van der Waals surface area (Å²) in [6, 6.07) is 12.3. The fraction of sp³-hybridized carbons (Fsp3) is 0.235. The standard InChI is InChI=1S/C17H21N3O3S/c1-12-3-4-15(11-17(12)18)14-5-7-16(8-6-14)24(22,23)20-10-9-19-13(2)21/h3-8,11,20H,9-10,18H2,1-2H3,(H,19,21). The van der Waals surface area contributed by atoms with Gasteiger partial charge in [-0.15, -0.1) is 0 Å². The van der Waals surface area contributed by atoms with Crippen LogP contribution in [0, 0.1) is 6.92 Å². The molecule has 6 nitrogen and oxygen atoms in total. The molecule has 0 radical (unpaired) electrons. The van der Waals surface area contributed by atoms with Crippen LogP contribution in [-0.4, -0.2) is 27.4 Å². The van der Waals surface area contributed by atoms with E-state index in [1.54, 1.807) is 24.3 Å². The van der Waals surface area contributed by atoms with Crippen LogP contribution in [0.2, 0.25) is 0 Å². The monoisotopic (exact) mass is 347 g/mol. The minimum Gasteiger partial charge on any atom is -0.398 e. The highest BCUT2D eigenvalue weighted by molar-refractivity contribution is 7.89. The zero-order valence-electron chi connectivity index (χ0n) is 13.7. The van der Waals surface area contributed by atoms with E-state index in [1.807, 2.05) is 25.1 Å². The van der Waals surface area contributed by atoms with Gasteiger partial charge in [-0.25, -0.2) is 13.1 Å². The van der Waals surface area contributed by atoms with Gasteiger partial charge in [-0.3, -0.25) is 4.79 Å². The molecule has 2 aromatic rings. The van der Waals surface area contributed by atoms with Gasteiger partial charge in [-0.1, -0.05) is 24.3 Å². The minimum absolute atomic E-state index is 0.137. The lowest BCUT2D eigenvalue weighted by molar-refractivity contribution is -0.118. The molecule has 0 aliphatic heterocycles. The Bertz CT molecular complexity index is 831. The number of carbonyl (C=O) groups is 1. The Morgan fingerprint density at radius 2 is 1.67 bits per heavy atom. The van der Waals surface area contributed by atoms with Crippen LogP contribution >= 0.6 is 0 Å². The van der Waals surface area contributed by atoms with Gasteiger partial charge in [0, 0.05) is 25.7 Å². The summed E-state index contributed by atoms with van der Waals surface area (Å²) in [7, 11) is -3.60. The zero-order chi connectivity index (χ0) is 17.7. The van der Waals surface area contributed by atoms with Crippen LogP contribution in [0.25, 0.3) is 11.1 Å². The van der Waals surface area contributed by atoms with Crippen molar-refractivity contribution in [2.24, 2.45) is 0 Å². The molecule has 24 heavy (non-hydrogen) atoms. The van der Waals surface area contributed by atoms with Crippen molar-refractivity contribution in [3.63, 3.8) is 0 Å². The van der Waals surface area contributed by atoms with Gasteiger partial charge in [0.15, 0.2) is 0 Å². The van der Waals surface area contributed by atoms with Crippen LogP contribution < -0.4 is 15.8 Å². The Kier molecular flexibility index (Phi) is 5.58. The normalized spacial score (nSPS) is 11.2. The van der Waals surface area contributed by atoms with Crippen molar-refractivity contribution in [2.45, 2.75) is 18.7 Å². The molecule has 0 aromatic heterocycles. The van der Waals surface area contributed by atoms with Crippen LogP contribution in [0.3, 0.4) is 0 Å². The fourth-order valence-electron chi connectivity index (χ4n) is 2.15. The van der Waals surface area contributed by atoms with Gasteiger partial charge in [0.05, 0.1) is 4.90 Å². The molecular weight excluding hydrogens is 326 g/mol. The van der Waals surface area contributed by atoms with Crippen LogP contribution in [0.1, 0.15) is 12.5 Å². The van der Waals surface area contributed by atoms with Crippen molar-refractivity contribution in [3.05, 3.63) is 48.0 Å². The SMILES string of the molecule is CC(=O)NCCNS(=O)(=O)c1ccc(-c2ccc(C)c(N)c2)cc1. The van der Waals surface area contributed by atoms with E-state index in [4.69, 9.17) is 5.73 Å². The third-order valence-electron chi connectivity index (χ3n) is 3.57. The molecular formula is C17H21N3O3S. The van der Waals surface area contributed by atoms with E-state index >= 15 is 0 Å². The number of anilines is 1. The summed E-state index contributed by atoms with van der Waals surface area (Å²) in [5.74, 6) is -0.198. The lowest BCUT2D eigenvalue weighted by atomic mass is 10.0. The molecule has 128 valence electrons. The quantitative estimate of drug-likeness (QED) is 0.546. The maximum atomic E-state index is 12.2. The summed E-state index contributed by atoms with van der Waals surface area (Å²) in [6.45, 7) is 3.69. The van der Waals surface area contributed by atoms with Crippen molar-refractivity contribution in [2.75, 3.05) is 18.8 Å². The smallest absolute Gasteiger partial charge is 0.240 e. The van der Waals surface area contributed by atoms with Gasteiger partial charge in [-0.05, 0) is 41.8 Å². The molecule has 0 spiro atoms. The third kappa shape index (κ3) is 4.56. The van der Waals surface area contributed by atoms with Gasteiger partial charge < -0.3 is 11.1 Å². The van der Waals surface area contributed by atoms with Gasteiger partial charge in [0.1, 0.15) is 0 Å². The molecule has 2 rings (SSSR count). The number of rotatable bonds is 6. The number of hydrogen-bond acceptors (Lipinski definition) is 4. The molecule has 0 unspecified atom stereocenters. The van der Waals surface area contributed by atoms with Gasteiger partial charge in [-0.2, -0.15) is 0 Å². The topological polar surface area (TPSA) is 101 Å². The van der Waals surface area contributed by atoms with Gasteiger partial charge in [0.25, 0.3) is 0 Å². The highest BCUT2D eigenvalue weighted by atomic mass is 32.2. The van der Waals surface area contributed by atoms with Crippen LogP contribution in [0.4, 0.5) is 5.69 Å². The van der Waals surface area contributed by atoms with E-state index in [2.05, 4.69) is 10.0 Å². The molecule has 0 atom stereocenters. The number of hydrogen-bond donors (Lipinski definition) is 3. The maximum Gasteiger partial charge on any atom is 0.240 e. The number of amides is 1. The molecule has 0 saturated heterocycles. The van der Waals surface area contributed by atoms with Crippen molar-refractivity contribution in [3.8, 4) is 11.1 Å². The van der Waals surface area contributed by atoms with Crippen molar-refractivity contribution >= 4 is 21.6 Å². The lowest BCUT2D eigenvalue weighted by Gasteiger charge is -2.09. The predicted octanol–water partition coefficient (Wildman–Crippen LogP) is 1.66. The molecule has 1 amide bonds. The number of carbonyl (C=O) groups excluding carboxylic acids is 1. The van der Waals surface area contributed by atoms with Crippen LogP contribution in [0.5, 0.6) is 0 Å².